The number of fused-ring (bicyclic) bond motifs is 1. The number of hydrogen-bond donors (Lipinski definition) is 0. The molecular formula is C21H28N4O2. The van der Waals surface area contributed by atoms with Crippen LogP contribution in [0.1, 0.15) is 54.1 Å². The van der Waals surface area contributed by atoms with Crippen molar-refractivity contribution in [2.24, 2.45) is 5.92 Å². The Balaban J connectivity index is 1.40. The highest BCUT2D eigenvalue weighted by molar-refractivity contribution is 5.90. The lowest BCUT2D eigenvalue weighted by molar-refractivity contribution is 0.0615. The number of carbonyl (C=O) groups is 1. The van der Waals surface area contributed by atoms with E-state index < -0.39 is 0 Å². The Morgan fingerprint density at radius 3 is 2.93 bits per heavy atom. The van der Waals surface area contributed by atoms with Gasteiger partial charge in [-0.05, 0) is 44.2 Å². The third-order valence-electron chi connectivity index (χ3n) is 5.68. The van der Waals surface area contributed by atoms with Crippen LogP contribution in [0.5, 0.6) is 5.75 Å². The van der Waals surface area contributed by atoms with Crippen molar-refractivity contribution in [2.75, 3.05) is 19.7 Å². The van der Waals surface area contributed by atoms with Gasteiger partial charge in [0.2, 0.25) is 5.82 Å². The van der Waals surface area contributed by atoms with E-state index in [9.17, 15) is 4.79 Å². The highest BCUT2D eigenvalue weighted by atomic mass is 16.5. The van der Waals surface area contributed by atoms with E-state index in [1.54, 1.807) is 0 Å². The molecule has 144 valence electrons. The van der Waals surface area contributed by atoms with E-state index in [0.717, 1.165) is 68.9 Å². The minimum Gasteiger partial charge on any atom is -0.493 e. The predicted octanol–water partition coefficient (Wildman–Crippen LogP) is 3.24. The van der Waals surface area contributed by atoms with E-state index in [1.807, 2.05) is 27.7 Å². The number of piperidine rings is 1. The van der Waals surface area contributed by atoms with Gasteiger partial charge in [0.1, 0.15) is 11.6 Å². The standard InChI is InChI=1S/C21H28N4O2/c1-16-8-4-5-10-18(16)27-15-17-9-7-12-24(14-17)21(26)20-23-22-19-11-3-2-6-13-25(19)20/h4-5,8,10,17H,2-3,6-7,9,11-15H2,1H3/t17-/m0/s1. The molecule has 1 saturated heterocycles. The normalized spacial score (nSPS) is 20.0. The molecule has 3 heterocycles. The summed E-state index contributed by atoms with van der Waals surface area (Å²) in [7, 11) is 0. The largest absolute Gasteiger partial charge is 0.493 e. The zero-order valence-corrected chi connectivity index (χ0v) is 16.1. The number of nitrogens with zero attached hydrogens (tertiary/aromatic N) is 4. The first-order valence-corrected chi connectivity index (χ1v) is 10.1. The van der Waals surface area contributed by atoms with Crippen molar-refractivity contribution in [1.82, 2.24) is 19.7 Å². The molecule has 27 heavy (non-hydrogen) atoms. The maximum absolute atomic E-state index is 13.1. The highest BCUT2D eigenvalue weighted by Gasteiger charge is 2.29. The van der Waals surface area contributed by atoms with Crippen molar-refractivity contribution in [3.05, 3.63) is 41.5 Å². The second-order valence-electron chi connectivity index (χ2n) is 7.74. The highest BCUT2D eigenvalue weighted by Crippen LogP contribution is 2.23. The Labute approximate surface area is 160 Å². The van der Waals surface area contributed by atoms with Gasteiger partial charge < -0.3 is 14.2 Å². The van der Waals surface area contributed by atoms with E-state index in [0.29, 0.717) is 18.3 Å². The number of amides is 1. The van der Waals surface area contributed by atoms with Crippen molar-refractivity contribution >= 4 is 5.91 Å². The molecule has 0 bridgehead atoms. The van der Waals surface area contributed by atoms with E-state index in [-0.39, 0.29) is 5.91 Å². The predicted molar refractivity (Wildman–Crippen MR) is 103 cm³/mol. The molecular weight excluding hydrogens is 340 g/mol. The van der Waals surface area contributed by atoms with Crippen molar-refractivity contribution < 1.29 is 9.53 Å². The van der Waals surface area contributed by atoms with Gasteiger partial charge in [0.15, 0.2) is 0 Å². The van der Waals surface area contributed by atoms with E-state index in [4.69, 9.17) is 4.74 Å². The molecule has 6 heteroatoms. The van der Waals surface area contributed by atoms with Gasteiger partial charge in [-0.2, -0.15) is 0 Å². The summed E-state index contributed by atoms with van der Waals surface area (Å²) in [5.74, 6) is 2.80. The summed E-state index contributed by atoms with van der Waals surface area (Å²) in [5, 5.41) is 8.51. The third-order valence-corrected chi connectivity index (χ3v) is 5.68. The summed E-state index contributed by atoms with van der Waals surface area (Å²) >= 11 is 0. The fraction of sp³-hybridized carbons (Fsp3) is 0.571. The molecule has 1 aromatic carbocycles. The topological polar surface area (TPSA) is 60.2 Å². The molecule has 0 saturated carbocycles. The average molecular weight is 368 g/mol. The summed E-state index contributed by atoms with van der Waals surface area (Å²) in [6, 6.07) is 8.08. The van der Waals surface area contributed by atoms with Crippen molar-refractivity contribution in [3.8, 4) is 5.75 Å². The fourth-order valence-electron chi connectivity index (χ4n) is 4.10. The van der Waals surface area contributed by atoms with Gasteiger partial charge >= 0.3 is 0 Å². The zero-order chi connectivity index (χ0) is 18.6. The van der Waals surface area contributed by atoms with Crippen LogP contribution in [-0.2, 0) is 13.0 Å². The maximum Gasteiger partial charge on any atom is 0.291 e. The molecule has 1 fully saturated rings. The lowest BCUT2D eigenvalue weighted by atomic mass is 9.99. The minimum absolute atomic E-state index is 0.0243. The van der Waals surface area contributed by atoms with Gasteiger partial charge in [0.05, 0.1) is 6.61 Å². The maximum atomic E-state index is 13.1. The second-order valence-corrected chi connectivity index (χ2v) is 7.74. The smallest absolute Gasteiger partial charge is 0.291 e. The molecule has 4 rings (SSSR count). The quantitative estimate of drug-likeness (QED) is 0.831. The Kier molecular flexibility index (Phi) is 5.41. The number of aromatic nitrogens is 3. The van der Waals surface area contributed by atoms with Crippen LogP contribution in [0.2, 0.25) is 0 Å². The summed E-state index contributed by atoms with van der Waals surface area (Å²) in [6.07, 6.45) is 6.45. The molecule has 2 aliphatic heterocycles. The lowest BCUT2D eigenvalue weighted by Crippen LogP contribution is -2.42. The monoisotopic (exact) mass is 368 g/mol. The van der Waals surface area contributed by atoms with Gasteiger partial charge in [-0.1, -0.05) is 24.6 Å². The van der Waals surface area contributed by atoms with E-state index >= 15 is 0 Å². The lowest BCUT2D eigenvalue weighted by Gasteiger charge is -2.32. The minimum atomic E-state index is 0.0243. The molecule has 2 aliphatic rings. The molecule has 6 nitrogen and oxygen atoms in total. The second kappa shape index (κ2) is 8.11. The number of carbonyl (C=O) groups excluding carboxylic acids is 1. The van der Waals surface area contributed by atoms with Gasteiger partial charge in [0.25, 0.3) is 5.91 Å². The molecule has 0 radical (unpaired) electrons. The summed E-state index contributed by atoms with van der Waals surface area (Å²) in [5.41, 5.74) is 1.15. The first-order chi connectivity index (χ1) is 13.2. The number of para-hydroxylation sites is 1. The van der Waals surface area contributed by atoms with Crippen LogP contribution in [0, 0.1) is 12.8 Å². The average Bonchev–Trinajstić information content (AvgIpc) is 2.95. The molecule has 1 atom stereocenters. The Morgan fingerprint density at radius 1 is 1.15 bits per heavy atom. The first kappa shape index (κ1) is 18.0. The third kappa shape index (κ3) is 3.99. The van der Waals surface area contributed by atoms with Crippen LogP contribution in [0.25, 0.3) is 0 Å². The van der Waals surface area contributed by atoms with E-state index in [1.165, 1.54) is 6.42 Å². The van der Waals surface area contributed by atoms with Crippen LogP contribution in [0.15, 0.2) is 24.3 Å². The van der Waals surface area contributed by atoms with Crippen LogP contribution in [0.4, 0.5) is 0 Å². The Hall–Kier alpha value is -2.37. The van der Waals surface area contributed by atoms with Crippen LogP contribution in [0.3, 0.4) is 0 Å². The Bertz CT molecular complexity index is 801. The molecule has 0 unspecified atom stereocenters. The zero-order valence-electron chi connectivity index (χ0n) is 16.1. The molecule has 1 aromatic heterocycles. The number of rotatable bonds is 4. The van der Waals surface area contributed by atoms with Crippen molar-refractivity contribution in [3.63, 3.8) is 0 Å². The number of hydrogen-bond acceptors (Lipinski definition) is 4. The molecule has 0 spiro atoms. The molecule has 0 aliphatic carbocycles. The number of ether oxygens (including phenoxy) is 1. The summed E-state index contributed by atoms with van der Waals surface area (Å²) in [4.78, 5) is 15.0. The SMILES string of the molecule is Cc1ccccc1OC[C@H]1CCCN(C(=O)c2nnc3n2CCCCC3)C1. The van der Waals surface area contributed by atoms with Gasteiger partial charge in [-0.3, -0.25) is 4.79 Å². The van der Waals surface area contributed by atoms with Gasteiger partial charge in [-0.15, -0.1) is 10.2 Å². The molecule has 1 amide bonds. The molecule has 2 aromatic rings. The summed E-state index contributed by atoms with van der Waals surface area (Å²) < 4.78 is 8.08. The van der Waals surface area contributed by atoms with Crippen LogP contribution >= 0.6 is 0 Å². The molecule has 0 N–H and O–H groups in total. The number of likely N-dealkylation sites (tertiary alicyclic amines) is 1. The van der Waals surface area contributed by atoms with Crippen molar-refractivity contribution in [2.45, 2.75) is 52.0 Å². The number of aryl methyl sites for hydroxylation is 2. The van der Waals surface area contributed by atoms with Crippen LogP contribution in [-0.4, -0.2) is 45.3 Å². The first-order valence-electron chi connectivity index (χ1n) is 10.1. The Morgan fingerprint density at radius 2 is 2.04 bits per heavy atom. The van der Waals surface area contributed by atoms with Crippen LogP contribution < -0.4 is 4.74 Å². The van der Waals surface area contributed by atoms with Gasteiger partial charge in [-0.25, -0.2) is 0 Å². The summed E-state index contributed by atoms with van der Waals surface area (Å²) in [6.45, 7) is 5.08. The number of benzene rings is 1. The van der Waals surface area contributed by atoms with Gasteiger partial charge in [0, 0.05) is 32.0 Å². The fourth-order valence-corrected chi connectivity index (χ4v) is 4.10. The van der Waals surface area contributed by atoms with E-state index in [2.05, 4.69) is 23.2 Å². The van der Waals surface area contributed by atoms with Crippen molar-refractivity contribution in [1.29, 1.82) is 0 Å².